The molecule has 0 amide bonds. The van der Waals surface area contributed by atoms with Crippen molar-refractivity contribution in [1.82, 2.24) is 9.97 Å². The van der Waals surface area contributed by atoms with Crippen LogP contribution in [0.3, 0.4) is 0 Å². The third kappa shape index (κ3) is 4.11. The summed E-state index contributed by atoms with van der Waals surface area (Å²) in [6.07, 6.45) is 0. The molecule has 0 spiro atoms. The van der Waals surface area contributed by atoms with Crippen molar-refractivity contribution >= 4 is 39.1 Å². The Kier molecular flexibility index (Phi) is 4.81. The third-order valence-electron chi connectivity index (χ3n) is 3.71. The fraction of sp³-hybridized carbons (Fsp3) is 0.158. The van der Waals surface area contributed by atoms with Crippen LogP contribution < -0.4 is 10.6 Å². The van der Waals surface area contributed by atoms with E-state index < -0.39 is 0 Å². The number of nitrogens with zero attached hydrogens (tertiary/aromatic N) is 2. The highest BCUT2D eigenvalue weighted by molar-refractivity contribution is 9.10. The molecule has 0 atom stereocenters. The van der Waals surface area contributed by atoms with E-state index >= 15 is 0 Å². The average molecular weight is 383 g/mol. The van der Waals surface area contributed by atoms with Gasteiger partial charge < -0.3 is 10.6 Å². The first-order valence-corrected chi connectivity index (χ1v) is 8.51. The van der Waals surface area contributed by atoms with Gasteiger partial charge in [-0.3, -0.25) is 0 Å². The molecule has 0 saturated heterocycles. The van der Waals surface area contributed by atoms with E-state index in [9.17, 15) is 0 Å². The van der Waals surface area contributed by atoms with E-state index in [1.54, 1.807) is 0 Å². The molecule has 1 heterocycles. The van der Waals surface area contributed by atoms with Crippen molar-refractivity contribution in [3.8, 4) is 0 Å². The summed E-state index contributed by atoms with van der Waals surface area (Å²) in [5.74, 6) is 1.34. The largest absolute Gasteiger partial charge is 0.340 e. The van der Waals surface area contributed by atoms with Gasteiger partial charge in [-0.25, -0.2) is 4.98 Å². The van der Waals surface area contributed by atoms with E-state index in [1.165, 1.54) is 11.1 Å². The van der Waals surface area contributed by atoms with Crippen LogP contribution in [-0.2, 0) is 0 Å². The highest BCUT2D eigenvalue weighted by Gasteiger charge is 2.05. The molecule has 122 valence electrons. The van der Waals surface area contributed by atoms with Crippen molar-refractivity contribution in [3.05, 3.63) is 69.8 Å². The van der Waals surface area contributed by atoms with E-state index in [1.807, 2.05) is 43.3 Å². The number of hydrogen-bond acceptors (Lipinski definition) is 4. The van der Waals surface area contributed by atoms with Gasteiger partial charge in [0.15, 0.2) is 0 Å². The van der Waals surface area contributed by atoms with E-state index in [0.717, 1.165) is 27.4 Å². The average Bonchev–Trinajstić information content (AvgIpc) is 2.50. The van der Waals surface area contributed by atoms with Crippen molar-refractivity contribution in [2.24, 2.45) is 0 Å². The maximum Gasteiger partial charge on any atom is 0.229 e. The van der Waals surface area contributed by atoms with Gasteiger partial charge in [-0.2, -0.15) is 4.98 Å². The topological polar surface area (TPSA) is 49.8 Å². The fourth-order valence-electron chi connectivity index (χ4n) is 2.35. The number of rotatable bonds is 4. The lowest BCUT2D eigenvalue weighted by atomic mass is 10.1. The minimum Gasteiger partial charge on any atom is -0.340 e. The summed E-state index contributed by atoms with van der Waals surface area (Å²) in [5.41, 5.74) is 5.35. The number of aromatic nitrogens is 2. The van der Waals surface area contributed by atoms with Crippen molar-refractivity contribution in [2.45, 2.75) is 20.8 Å². The number of nitrogens with one attached hydrogen (secondary N) is 2. The molecule has 4 nitrogen and oxygen atoms in total. The zero-order valence-corrected chi connectivity index (χ0v) is 15.5. The molecule has 0 saturated carbocycles. The van der Waals surface area contributed by atoms with E-state index in [4.69, 9.17) is 0 Å². The van der Waals surface area contributed by atoms with Gasteiger partial charge in [0.05, 0.1) is 0 Å². The molecule has 0 bridgehead atoms. The molecule has 0 aliphatic carbocycles. The molecule has 2 N–H and O–H groups in total. The van der Waals surface area contributed by atoms with Gasteiger partial charge in [0.25, 0.3) is 0 Å². The molecule has 5 heteroatoms. The molecule has 2 aromatic carbocycles. The Balaban J connectivity index is 1.84. The van der Waals surface area contributed by atoms with Crippen molar-refractivity contribution in [1.29, 1.82) is 0 Å². The molecule has 0 radical (unpaired) electrons. The Morgan fingerprint density at radius 2 is 1.58 bits per heavy atom. The molecule has 1 aromatic heterocycles. The number of hydrogen-bond donors (Lipinski definition) is 2. The van der Waals surface area contributed by atoms with Gasteiger partial charge in [0.1, 0.15) is 5.82 Å². The summed E-state index contributed by atoms with van der Waals surface area (Å²) in [6, 6.07) is 16.1. The summed E-state index contributed by atoms with van der Waals surface area (Å²) in [4.78, 5) is 9.03. The highest BCUT2D eigenvalue weighted by atomic mass is 79.9. The number of benzene rings is 2. The normalized spacial score (nSPS) is 10.5. The van der Waals surface area contributed by atoms with Gasteiger partial charge in [-0.05, 0) is 62.2 Å². The number of halogens is 1. The predicted octanol–water partition coefficient (Wildman–Crippen LogP) is 5.65. The predicted molar refractivity (Wildman–Crippen MR) is 103 cm³/mol. The molecule has 3 aromatic rings. The van der Waals surface area contributed by atoms with Crippen molar-refractivity contribution in [2.75, 3.05) is 10.6 Å². The Bertz CT molecular complexity index is 877. The first-order chi connectivity index (χ1) is 11.5. The summed E-state index contributed by atoms with van der Waals surface area (Å²) in [6.45, 7) is 6.15. The zero-order chi connectivity index (χ0) is 17.1. The molecule has 0 unspecified atom stereocenters. The van der Waals surface area contributed by atoms with Crippen LogP contribution in [0.1, 0.15) is 16.8 Å². The standard InChI is InChI=1S/C19H19BrN4/c1-12-7-8-17(9-13(12)2)23-19-21-14(3)10-18(24-19)22-16-6-4-5-15(20)11-16/h4-11H,1-3H3,(H2,21,22,23,24). The highest BCUT2D eigenvalue weighted by Crippen LogP contribution is 2.22. The van der Waals surface area contributed by atoms with E-state index in [0.29, 0.717) is 5.95 Å². The maximum atomic E-state index is 4.56. The van der Waals surface area contributed by atoms with Gasteiger partial charge >= 0.3 is 0 Å². The number of anilines is 4. The summed E-state index contributed by atoms with van der Waals surface area (Å²) < 4.78 is 1.02. The van der Waals surface area contributed by atoms with Crippen molar-refractivity contribution < 1.29 is 0 Å². The SMILES string of the molecule is Cc1cc(Nc2cccc(Br)c2)nc(Nc2ccc(C)c(C)c2)n1. The van der Waals surface area contributed by atoms with Crippen LogP contribution >= 0.6 is 15.9 Å². The van der Waals surface area contributed by atoms with Gasteiger partial charge in [0.2, 0.25) is 5.95 Å². The Morgan fingerprint density at radius 1 is 0.792 bits per heavy atom. The molecule has 24 heavy (non-hydrogen) atoms. The second kappa shape index (κ2) is 7.01. The lowest BCUT2D eigenvalue weighted by Gasteiger charge is -2.11. The monoisotopic (exact) mass is 382 g/mol. The maximum absolute atomic E-state index is 4.56. The minimum atomic E-state index is 0.579. The van der Waals surface area contributed by atoms with E-state index in [-0.39, 0.29) is 0 Å². The lowest BCUT2D eigenvalue weighted by Crippen LogP contribution is -2.02. The van der Waals surface area contributed by atoms with E-state index in [2.05, 4.69) is 62.5 Å². The Morgan fingerprint density at radius 3 is 2.33 bits per heavy atom. The van der Waals surface area contributed by atoms with Gasteiger partial charge in [0, 0.05) is 27.6 Å². The quantitative estimate of drug-likeness (QED) is 0.611. The van der Waals surface area contributed by atoms with Crippen LogP contribution in [0.2, 0.25) is 0 Å². The van der Waals surface area contributed by atoms with Crippen LogP contribution in [0.5, 0.6) is 0 Å². The van der Waals surface area contributed by atoms with Gasteiger partial charge in [-0.1, -0.05) is 28.1 Å². The Hall–Kier alpha value is -2.40. The summed E-state index contributed by atoms with van der Waals surface area (Å²) in [7, 11) is 0. The summed E-state index contributed by atoms with van der Waals surface area (Å²) >= 11 is 3.48. The van der Waals surface area contributed by atoms with Gasteiger partial charge in [-0.15, -0.1) is 0 Å². The smallest absolute Gasteiger partial charge is 0.229 e. The van der Waals surface area contributed by atoms with Crippen LogP contribution in [0.25, 0.3) is 0 Å². The zero-order valence-electron chi connectivity index (χ0n) is 13.9. The molecular weight excluding hydrogens is 364 g/mol. The second-order valence-corrected chi connectivity index (χ2v) is 6.69. The molecular formula is C19H19BrN4. The minimum absolute atomic E-state index is 0.579. The molecule has 0 fully saturated rings. The number of aryl methyl sites for hydroxylation is 3. The van der Waals surface area contributed by atoms with Crippen LogP contribution in [-0.4, -0.2) is 9.97 Å². The van der Waals surface area contributed by atoms with Crippen LogP contribution in [0.4, 0.5) is 23.1 Å². The Labute approximate surface area is 150 Å². The lowest BCUT2D eigenvalue weighted by molar-refractivity contribution is 1.11. The molecule has 0 aliphatic heterocycles. The first-order valence-electron chi connectivity index (χ1n) is 7.72. The van der Waals surface area contributed by atoms with Crippen molar-refractivity contribution in [3.63, 3.8) is 0 Å². The molecule has 0 aliphatic rings. The van der Waals surface area contributed by atoms with Crippen LogP contribution in [0, 0.1) is 20.8 Å². The summed E-state index contributed by atoms with van der Waals surface area (Å²) in [5, 5.41) is 6.59. The van der Waals surface area contributed by atoms with Crippen LogP contribution in [0.15, 0.2) is 53.0 Å². The first kappa shape index (κ1) is 16.5. The molecule has 3 rings (SSSR count). The third-order valence-corrected chi connectivity index (χ3v) is 4.21. The fourth-order valence-corrected chi connectivity index (χ4v) is 2.75. The second-order valence-electron chi connectivity index (χ2n) is 5.78.